The maximum atomic E-state index is 4.70. The quantitative estimate of drug-likeness (QED) is 0.696. The van der Waals surface area contributed by atoms with Crippen LogP contribution >= 0.6 is 22.7 Å². The van der Waals surface area contributed by atoms with Gasteiger partial charge in [-0.2, -0.15) is 0 Å². The van der Waals surface area contributed by atoms with E-state index in [1.807, 2.05) is 11.3 Å². The summed E-state index contributed by atoms with van der Waals surface area (Å²) in [5, 5.41) is 5.70. The van der Waals surface area contributed by atoms with Gasteiger partial charge in [-0.05, 0) is 5.92 Å². The van der Waals surface area contributed by atoms with Crippen LogP contribution in [0.3, 0.4) is 0 Å². The summed E-state index contributed by atoms with van der Waals surface area (Å²) in [6, 6.07) is 0. The summed E-state index contributed by atoms with van der Waals surface area (Å²) in [5.41, 5.74) is 1.20. The molecule has 88 valence electrons. The fourth-order valence-corrected chi connectivity index (χ4v) is 3.98. The minimum atomic E-state index is 0.832. The molecule has 0 aromatic carbocycles. The molecule has 0 aliphatic carbocycles. The lowest BCUT2D eigenvalue weighted by atomic mass is 9.96. The SMILES string of the molecule is CCCCC(CC)Cc1nc2cscc2s1. The molecule has 0 saturated heterocycles. The fourth-order valence-electron chi connectivity index (χ4n) is 2.00. The Hall–Kier alpha value is -0.410. The van der Waals surface area contributed by atoms with Gasteiger partial charge in [-0.3, -0.25) is 0 Å². The zero-order valence-electron chi connectivity index (χ0n) is 10.0. The zero-order valence-corrected chi connectivity index (χ0v) is 11.7. The second kappa shape index (κ2) is 5.78. The van der Waals surface area contributed by atoms with E-state index in [9.17, 15) is 0 Å². The topological polar surface area (TPSA) is 12.9 Å². The highest BCUT2D eigenvalue weighted by atomic mass is 32.1. The molecule has 2 heterocycles. The Balaban J connectivity index is 1.99. The van der Waals surface area contributed by atoms with Crippen molar-refractivity contribution in [3.63, 3.8) is 0 Å². The second-order valence-corrected chi connectivity index (χ2v) is 6.21. The van der Waals surface area contributed by atoms with Gasteiger partial charge in [-0.1, -0.05) is 39.5 Å². The van der Waals surface area contributed by atoms with E-state index in [0.29, 0.717) is 0 Å². The lowest BCUT2D eigenvalue weighted by molar-refractivity contribution is 0.449. The number of thiophene rings is 1. The van der Waals surface area contributed by atoms with E-state index >= 15 is 0 Å². The molecule has 0 amide bonds. The summed E-state index contributed by atoms with van der Waals surface area (Å²) in [4.78, 5) is 4.70. The van der Waals surface area contributed by atoms with Crippen LogP contribution in [-0.4, -0.2) is 4.98 Å². The van der Waals surface area contributed by atoms with Crippen molar-refractivity contribution < 1.29 is 0 Å². The molecule has 1 atom stereocenters. The average Bonchev–Trinajstić information content (AvgIpc) is 2.84. The van der Waals surface area contributed by atoms with E-state index in [0.717, 1.165) is 5.92 Å². The van der Waals surface area contributed by atoms with Gasteiger partial charge in [-0.25, -0.2) is 4.98 Å². The Morgan fingerprint density at radius 3 is 2.88 bits per heavy atom. The molecule has 1 nitrogen and oxygen atoms in total. The third-order valence-electron chi connectivity index (χ3n) is 3.09. The Morgan fingerprint density at radius 1 is 1.31 bits per heavy atom. The summed E-state index contributed by atoms with van der Waals surface area (Å²) in [6.45, 7) is 4.57. The minimum Gasteiger partial charge on any atom is -0.240 e. The van der Waals surface area contributed by atoms with E-state index in [1.165, 1.54) is 47.3 Å². The number of fused-ring (bicyclic) bond motifs is 1. The highest BCUT2D eigenvalue weighted by molar-refractivity contribution is 7.22. The van der Waals surface area contributed by atoms with Crippen molar-refractivity contribution >= 4 is 32.9 Å². The van der Waals surface area contributed by atoms with E-state index in [-0.39, 0.29) is 0 Å². The standard InChI is InChI=1S/C13H19NS2/c1-3-5-6-10(4-2)7-13-14-11-8-15-9-12(11)16-13/h8-10H,3-7H2,1-2H3. The van der Waals surface area contributed by atoms with Crippen LogP contribution in [0.25, 0.3) is 10.2 Å². The summed E-state index contributed by atoms with van der Waals surface area (Å²) in [6.07, 6.45) is 6.49. The third-order valence-corrected chi connectivity index (χ3v) is 5.01. The Bertz CT molecular complexity index is 401. The smallest absolute Gasteiger partial charge is 0.0942 e. The summed E-state index contributed by atoms with van der Waals surface area (Å²) < 4.78 is 1.37. The Labute approximate surface area is 106 Å². The maximum Gasteiger partial charge on any atom is 0.0942 e. The molecule has 0 fully saturated rings. The third kappa shape index (κ3) is 2.83. The number of rotatable bonds is 6. The first-order chi connectivity index (χ1) is 7.83. The lowest BCUT2D eigenvalue weighted by Gasteiger charge is -2.11. The van der Waals surface area contributed by atoms with Gasteiger partial charge in [0.25, 0.3) is 0 Å². The first-order valence-corrected chi connectivity index (χ1v) is 7.91. The average molecular weight is 253 g/mol. The number of aromatic nitrogens is 1. The monoisotopic (exact) mass is 253 g/mol. The number of hydrogen-bond donors (Lipinski definition) is 0. The van der Waals surface area contributed by atoms with Crippen LogP contribution in [0.2, 0.25) is 0 Å². The summed E-state index contributed by atoms with van der Waals surface area (Å²) in [7, 11) is 0. The molecule has 0 aliphatic heterocycles. The number of thiazole rings is 1. The van der Waals surface area contributed by atoms with Crippen LogP contribution in [0.1, 0.15) is 44.5 Å². The van der Waals surface area contributed by atoms with Gasteiger partial charge in [0.05, 0.1) is 15.2 Å². The van der Waals surface area contributed by atoms with Crippen LogP contribution in [0.15, 0.2) is 10.8 Å². The molecule has 2 aromatic heterocycles. The molecule has 0 spiro atoms. The zero-order chi connectivity index (χ0) is 11.4. The van der Waals surface area contributed by atoms with Crippen LogP contribution in [0, 0.1) is 5.92 Å². The van der Waals surface area contributed by atoms with Gasteiger partial charge in [-0.15, -0.1) is 22.7 Å². The van der Waals surface area contributed by atoms with E-state index in [2.05, 4.69) is 24.6 Å². The van der Waals surface area contributed by atoms with Crippen LogP contribution in [0.4, 0.5) is 0 Å². The fraction of sp³-hybridized carbons (Fsp3) is 0.615. The molecular formula is C13H19NS2. The molecule has 0 saturated carbocycles. The molecule has 3 heteroatoms. The van der Waals surface area contributed by atoms with Crippen LogP contribution in [-0.2, 0) is 6.42 Å². The summed E-state index contributed by atoms with van der Waals surface area (Å²) in [5.74, 6) is 0.832. The van der Waals surface area contributed by atoms with Crippen LogP contribution < -0.4 is 0 Å². The molecule has 2 rings (SSSR count). The Morgan fingerprint density at radius 2 is 2.19 bits per heavy atom. The Kier molecular flexibility index (Phi) is 4.36. The van der Waals surface area contributed by atoms with Crippen molar-refractivity contribution in [1.29, 1.82) is 0 Å². The highest BCUT2D eigenvalue weighted by Gasteiger charge is 2.11. The van der Waals surface area contributed by atoms with Gasteiger partial charge >= 0.3 is 0 Å². The lowest BCUT2D eigenvalue weighted by Crippen LogP contribution is -2.02. The second-order valence-electron chi connectivity index (χ2n) is 4.35. The summed E-state index contributed by atoms with van der Waals surface area (Å²) >= 11 is 3.64. The first-order valence-electron chi connectivity index (χ1n) is 6.15. The predicted molar refractivity (Wildman–Crippen MR) is 74.5 cm³/mol. The van der Waals surface area contributed by atoms with E-state index in [4.69, 9.17) is 4.98 Å². The van der Waals surface area contributed by atoms with Crippen molar-refractivity contribution in [2.45, 2.75) is 46.0 Å². The number of unbranched alkanes of at least 4 members (excludes halogenated alkanes) is 1. The molecular weight excluding hydrogens is 234 g/mol. The number of hydrogen-bond acceptors (Lipinski definition) is 3. The molecule has 0 aliphatic rings. The molecule has 2 aromatic rings. The van der Waals surface area contributed by atoms with Gasteiger partial charge < -0.3 is 0 Å². The van der Waals surface area contributed by atoms with Gasteiger partial charge in [0.2, 0.25) is 0 Å². The van der Waals surface area contributed by atoms with E-state index in [1.54, 1.807) is 11.3 Å². The molecule has 0 N–H and O–H groups in total. The molecule has 0 radical (unpaired) electrons. The maximum absolute atomic E-state index is 4.70. The van der Waals surface area contributed by atoms with Crippen molar-refractivity contribution in [3.05, 3.63) is 15.8 Å². The predicted octanol–water partition coefficient (Wildman–Crippen LogP) is 5.12. The molecule has 1 unspecified atom stereocenters. The van der Waals surface area contributed by atoms with Crippen molar-refractivity contribution in [2.24, 2.45) is 5.92 Å². The van der Waals surface area contributed by atoms with Crippen molar-refractivity contribution in [2.75, 3.05) is 0 Å². The van der Waals surface area contributed by atoms with Gasteiger partial charge in [0, 0.05) is 17.2 Å². The van der Waals surface area contributed by atoms with Gasteiger partial charge in [0.1, 0.15) is 0 Å². The minimum absolute atomic E-state index is 0.832. The highest BCUT2D eigenvalue weighted by Crippen LogP contribution is 2.28. The molecule has 16 heavy (non-hydrogen) atoms. The van der Waals surface area contributed by atoms with Gasteiger partial charge in [0.15, 0.2) is 0 Å². The van der Waals surface area contributed by atoms with E-state index < -0.39 is 0 Å². The van der Waals surface area contributed by atoms with Crippen LogP contribution in [0.5, 0.6) is 0 Å². The van der Waals surface area contributed by atoms with Crippen molar-refractivity contribution in [3.8, 4) is 0 Å². The normalized spacial score (nSPS) is 13.4. The number of nitrogens with zero attached hydrogens (tertiary/aromatic N) is 1. The first kappa shape index (κ1) is 12.1. The largest absolute Gasteiger partial charge is 0.240 e. The molecule has 0 bridgehead atoms. The van der Waals surface area contributed by atoms with Crippen molar-refractivity contribution in [1.82, 2.24) is 4.98 Å².